The highest BCUT2D eigenvalue weighted by Gasteiger charge is 2.22. The van der Waals surface area contributed by atoms with Crippen LogP contribution in [0, 0.1) is 17.5 Å². The molecule has 3 heterocycles. The summed E-state index contributed by atoms with van der Waals surface area (Å²) in [6.07, 6.45) is 10.0. The van der Waals surface area contributed by atoms with Gasteiger partial charge in [-0.3, -0.25) is 0 Å². The second kappa shape index (κ2) is 27.2. The summed E-state index contributed by atoms with van der Waals surface area (Å²) < 4.78 is 48.3. The molecule has 0 radical (unpaired) electrons. The Bertz CT molecular complexity index is 2870. The molecule has 1 atom stereocenters. The van der Waals surface area contributed by atoms with Crippen molar-refractivity contribution in [3.63, 3.8) is 0 Å². The number of aromatic hydroxyl groups is 1. The van der Waals surface area contributed by atoms with Gasteiger partial charge in [-0.1, -0.05) is 23.2 Å². The SMILES string of the molecule is CC1CCCCN1c1ccc(NC(=O)Nc2ccc(Cl)cc2)cc1F.COc1ccc(NC(=O)Nc2ccc(N3CCCCC3)c(F)c2)cc1.O=C(Nc1ccc(N2CCCCC2)c(F)c1)Nc1ccc(Cl)cc1O. The topological polar surface area (TPSA) is 163 Å². The first-order chi connectivity index (χ1) is 36.2. The number of nitrogens with one attached hydrogen (secondary N) is 6. The molecule has 0 aliphatic carbocycles. The number of halogens is 5. The van der Waals surface area contributed by atoms with Gasteiger partial charge < -0.3 is 56.4 Å². The third-order valence-corrected chi connectivity index (χ3v) is 13.3. The first-order valence-electron chi connectivity index (χ1n) is 25.0. The van der Waals surface area contributed by atoms with Crippen molar-refractivity contribution in [1.29, 1.82) is 0 Å². The maximum atomic E-state index is 14.5. The fraction of sp³-hybridized carbons (Fsp3) is 0.304. The van der Waals surface area contributed by atoms with Crippen LogP contribution in [0.4, 0.5) is 78.7 Å². The number of phenolic OH excluding ortho intramolecular Hbond substituents is 1. The van der Waals surface area contributed by atoms with Crippen LogP contribution in [0.3, 0.4) is 0 Å². The fourth-order valence-corrected chi connectivity index (χ4v) is 9.21. The van der Waals surface area contributed by atoms with Gasteiger partial charge in [0.05, 0.1) is 29.9 Å². The molecule has 3 aliphatic rings. The van der Waals surface area contributed by atoms with Gasteiger partial charge in [0.1, 0.15) is 29.0 Å². The van der Waals surface area contributed by atoms with Crippen LogP contribution in [-0.2, 0) is 0 Å². The molecule has 3 fully saturated rings. The largest absolute Gasteiger partial charge is 0.506 e. The third kappa shape index (κ3) is 16.5. The highest BCUT2D eigenvalue weighted by Crippen LogP contribution is 2.31. The molecule has 396 valence electrons. The summed E-state index contributed by atoms with van der Waals surface area (Å²) in [4.78, 5) is 42.3. The van der Waals surface area contributed by atoms with Crippen molar-refractivity contribution in [1.82, 2.24) is 0 Å². The number of phenols is 1. The lowest BCUT2D eigenvalue weighted by Gasteiger charge is -2.35. The zero-order valence-corrected chi connectivity index (χ0v) is 43.3. The van der Waals surface area contributed by atoms with E-state index < -0.39 is 18.1 Å². The number of carbonyl (C=O) groups is 3. The number of rotatable bonds is 10. The Morgan fingerprint density at radius 2 is 0.893 bits per heavy atom. The number of nitrogens with zero attached hydrogens (tertiary/aromatic N) is 3. The molecule has 19 heteroatoms. The van der Waals surface area contributed by atoms with Crippen LogP contribution in [0.2, 0.25) is 10.0 Å². The number of hydrogen-bond acceptors (Lipinski definition) is 8. The molecule has 9 rings (SSSR count). The fourth-order valence-electron chi connectivity index (χ4n) is 8.92. The van der Waals surface area contributed by atoms with Crippen LogP contribution < -0.4 is 51.3 Å². The minimum Gasteiger partial charge on any atom is -0.506 e. The Morgan fingerprint density at radius 3 is 1.33 bits per heavy atom. The quantitative estimate of drug-likeness (QED) is 0.0667. The third-order valence-electron chi connectivity index (χ3n) is 12.8. The Labute approximate surface area is 445 Å². The summed E-state index contributed by atoms with van der Waals surface area (Å²) in [5, 5.41) is 26.4. The van der Waals surface area contributed by atoms with Crippen LogP contribution in [0.25, 0.3) is 0 Å². The summed E-state index contributed by atoms with van der Waals surface area (Å²) in [7, 11) is 1.58. The van der Waals surface area contributed by atoms with Gasteiger partial charge in [-0.25, -0.2) is 27.6 Å². The van der Waals surface area contributed by atoms with Gasteiger partial charge in [0.15, 0.2) is 0 Å². The zero-order chi connectivity index (χ0) is 53.3. The summed E-state index contributed by atoms with van der Waals surface area (Å²) in [6.45, 7) is 6.43. The normalized spacial score (nSPS) is 15.2. The summed E-state index contributed by atoms with van der Waals surface area (Å²) in [6, 6.07) is 31.2. The molecular formula is C56H62Cl2F3N9O5. The Hall–Kier alpha value is -7.50. The summed E-state index contributed by atoms with van der Waals surface area (Å²) in [5.41, 5.74) is 4.38. The zero-order valence-electron chi connectivity index (χ0n) is 41.8. The minimum absolute atomic E-state index is 0.144. The molecule has 0 aromatic heterocycles. The van der Waals surface area contributed by atoms with E-state index in [1.54, 1.807) is 98.1 Å². The molecule has 0 spiro atoms. The van der Waals surface area contributed by atoms with E-state index in [4.69, 9.17) is 27.9 Å². The molecule has 0 saturated carbocycles. The molecule has 0 bridgehead atoms. The molecule has 1 unspecified atom stereocenters. The Kier molecular flexibility index (Phi) is 20.0. The van der Waals surface area contributed by atoms with Gasteiger partial charge in [0.25, 0.3) is 0 Å². The molecule has 14 nitrogen and oxygen atoms in total. The number of urea groups is 3. The van der Waals surface area contributed by atoms with E-state index in [1.165, 1.54) is 49.6 Å². The van der Waals surface area contributed by atoms with Crippen LogP contribution >= 0.6 is 23.2 Å². The van der Waals surface area contributed by atoms with Crippen molar-refractivity contribution in [2.75, 3.05) is 86.4 Å². The Balaban J connectivity index is 0.000000164. The van der Waals surface area contributed by atoms with Crippen molar-refractivity contribution < 1.29 is 37.4 Å². The lowest BCUT2D eigenvalue weighted by atomic mass is 10.0. The van der Waals surface area contributed by atoms with Gasteiger partial charge in [-0.2, -0.15) is 0 Å². The predicted octanol–water partition coefficient (Wildman–Crippen LogP) is 14.8. The van der Waals surface area contributed by atoms with E-state index >= 15 is 0 Å². The van der Waals surface area contributed by atoms with E-state index in [1.807, 2.05) is 4.90 Å². The van der Waals surface area contributed by atoms with Crippen molar-refractivity contribution in [2.24, 2.45) is 0 Å². The highest BCUT2D eigenvalue weighted by atomic mass is 35.5. The van der Waals surface area contributed by atoms with Crippen LogP contribution in [0.1, 0.15) is 64.7 Å². The standard InChI is InChI=1S/C19H21ClFN3O.C19H22FN3O2.C18H19ClFN3O2/c1-13-4-2-3-11-24(13)18-10-9-16(12-17(18)21)23-19(25)22-15-7-5-14(20)6-8-15;1-25-16-8-5-14(6-9-16)21-19(24)22-15-7-10-18(17(20)13-15)23-11-3-2-4-12-23;19-12-4-6-15(17(24)10-12)22-18(25)21-13-5-7-16(14(20)11-13)23-8-2-1-3-9-23/h5-10,12-13H,2-4,11H2,1H3,(H2,22,23,25);5-10,13H,2-4,11-12H2,1H3,(H2,21,22,24);4-7,10-11,24H,1-3,8-9H2,(H2,21,22,25). The van der Waals surface area contributed by atoms with Gasteiger partial charge in [-0.05, 0) is 180 Å². The second-order valence-electron chi connectivity index (χ2n) is 18.3. The first kappa shape index (κ1) is 55.3. The van der Waals surface area contributed by atoms with Crippen molar-refractivity contribution in [2.45, 2.75) is 70.8 Å². The van der Waals surface area contributed by atoms with E-state index in [9.17, 15) is 32.7 Å². The van der Waals surface area contributed by atoms with Crippen LogP contribution in [0.5, 0.6) is 11.5 Å². The molecule has 75 heavy (non-hydrogen) atoms. The van der Waals surface area contributed by atoms with Crippen LogP contribution in [-0.4, -0.2) is 69.1 Å². The maximum Gasteiger partial charge on any atom is 0.323 e. The number of methoxy groups -OCH3 is 1. The molecule has 3 aliphatic heterocycles. The number of ether oxygens (including phenoxy) is 1. The second-order valence-corrected chi connectivity index (χ2v) is 19.1. The number of hydrogen-bond donors (Lipinski definition) is 7. The van der Waals surface area contributed by atoms with Gasteiger partial charge in [0, 0.05) is 83.3 Å². The summed E-state index contributed by atoms with van der Waals surface area (Å²) in [5.74, 6) is -0.438. The predicted molar refractivity (Wildman–Crippen MR) is 297 cm³/mol. The first-order valence-corrected chi connectivity index (χ1v) is 25.7. The van der Waals surface area contributed by atoms with E-state index in [0.29, 0.717) is 67.3 Å². The smallest absolute Gasteiger partial charge is 0.323 e. The number of benzene rings is 6. The molecule has 7 N–H and O–H groups in total. The highest BCUT2D eigenvalue weighted by molar-refractivity contribution is 6.31. The monoisotopic (exact) mass is 1070 g/mol. The number of amides is 6. The molecule has 6 aromatic rings. The summed E-state index contributed by atoms with van der Waals surface area (Å²) >= 11 is 11.6. The minimum atomic E-state index is -0.581. The maximum absolute atomic E-state index is 14.5. The molecule has 3 saturated heterocycles. The number of piperidine rings is 3. The van der Waals surface area contributed by atoms with Gasteiger partial charge in [0.2, 0.25) is 0 Å². The van der Waals surface area contributed by atoms with Crippen molar-refractivity contribution in [3.05, 3.63) is 149 Å². The van der Waals surface area contributed by atoms with E-state index in [0.717, 1.165) is 71.2 Å². The van der Waals surface area contributed by atoms with E-state index in [2.05, 4.69) is 48.6 Å². The van der Waals surface area contributed by atoms with Gasteiger partial charge >= 0.3 is 18.1 Å². The average Bonchev–Trinajstić information content (AvgIpc) is 3.39. The Morgan fingerprint density at radius 1 is 0.493 bits per heavy atom. The van der Waals surface area contributed by atoms with Crippen molar-refractivity contribution >= 4 is 92.5 Å². The lowest BCUT2D eigenvalue weighted by Crippen LogP contribution is -2.38. The average molecular weight is 1070 g/mol. The number of carbonyl (C=O) groups excluding carboxylic acids is 3. The lowest BCUT2D eigenvalue weighted by molar-refractivity contribution is 0.261. The van der Waals surface area contributed by atoms with Crippen molar-refractivity contribution in [3.8, 4) is 11.5 Å². The van der Waals surface area contributed by atoms with E-state index in [-0.39, 0.29) is 28.9 Å². The molecule has 6 amide bonds. The molecule has 6 aromatic carbocycles. The number of anilines is 9. The van der Waals surface area contributed by atoms with Crippen LogP contribution in [0.15, 0.2) is 121 Å². The van der Waals surface area contributed by atoms with Gasteiger partial charge in [-0.15, -0.1) is 0 Å². The molecular weight excluding hydrogens is 1010 g/mol.